The molecule has 8 heteroatoms. The molecule has 1 aliphatic rings. The van der Waals surface area contributed by atoms with Crippen LogP contribution in [-0.4, -0.2) is 31.1 Å². The molecule has 0 spiro atoms. The van der Waals surface area contributed by atoms with Crippen LogP contribution in [0, 0.1) is 11.7 Å². The molecule has 0 saturated carbocycles. The summed E-state index contributed by atoms with van der Waals surface area (Å²) in [6.07, 6.45) is 0. The summed E-state index contributed by atoms with van der Waals surface area (Å²) in [5, 5.41) is 4.11. The molecule has 26 heavy (non-hydrogen) atoms. The second-order valence-corrected chi connectivity index (χ2v) is 7.46. The highest BCUT2D eigenvalue weighted by Crippen LogP contribution is 2.35. The van der Waals surface area contributed by atoms with Gasteiger partial charge in [-0.2, -0.15) is 0 Å². The monoisotopic (exact) mass is 391 g/mol. The number of ether oxygens (including phenoxy) is 1. The first-order valence-electron chi connectivity index (χ1n) is 7.99. The van der Waals surface area contributed by atoms with Crippen LogP contribution < -0.4 is 15.0 Å². The molecule has 0 atom stereocenters. The van der Waals surface area contributed by atoms with Gasteiger partial charge in [0.15, 0.2) is 5.13 Å². The number of nitrogens with one attached hydrogen (secondary N) is 1. The standard InChI is InChI=1S/C18H15ClFN3O2S/c1-25-14-6-5-11(19)7-13(14)21-17(24)10-8-23(9-10)18-22-16-12(20)3-2-4-15(16)26-18/h2-7,10H,8-9H2,1H3,(H,21,24). The van der Waals surface area contributed by atoms with Crippen LogP contribution in [0.25, 0.3) is 10.2 Å². The molecule has 1 amide bonds. The van der Waals surface area contributed by atoms with Crippen molar-refractivity contribution in [1.82, 2.24) is 4.98 Å². The van der Waals surface area contributed by atoms with Gasteiger partial charge in [-0.15, -0.1) is 0 Å². The zero-order valence-corrected chi connectivity index (χ0v) is 15.4. The van der Waals surface area contributed by atoms with Gasteiger partial charge in [0.2, 0.25) is 5.91 Å². The van der Waals surface area contributed by atoms with Crippen molar-refractivity contribution in [2.75, 3.05) is 30.4 Å². The second kappa shape index (κ2) is 6.74. The van der Waals surface area contributed by atoms with E-state index in [0.29, 0.717) is 35.1 Å². The van der Waals surface area contributed by atoms with Crippen LogP contribution in [0.15, 0.2) is 36.4 Å². The molecular weight excluding hydrogens is 377 g/mol. The maximum Gasteiger partial charge on any atom is 0.231 e. The molecule has 3 aromatic rings. The number of hydrogen-bond donors (Lipinski definition) is 1. The summed E-state index contributed by atoms with van der Waals surface area (Å²) in [6.45, 7) is 1.08. The highest BCUT2D eigenvalue weighted by molar-refractivity contribution is 7.22. The lowest BCUT2D eigenvalue weighted by Gasteiger charge is -2.38. The van der Waals surface area contributed by atoms with Gasteiger partial charge in [0.25, 0.3) is 0 Å². The summed E-state index contributed by atoms with van der Waals surface area (Å²) in [6, 6.07) is 9.98. The van der Waals surface area contributed by atoms with Gasteiger partial charge in [0.1, 0.15) is 17.1 Å². The Kier molecular flexibility index (Phi) is 4.42. The Morgan fingerprint density at radius 2 is 2.19 bits per heavy atom. The van der Waals surface area contributed by atoms with Gasteiger partial charge in [-0.25, -0.2) is 9.37 Å². The molecule has 0 bridgehead atoms. The highest BCUT2D eigenvalue weighted by Gasteiger charge is 2.35. The zero-order valence-electron chi connectivity index (χ0n) is 13.8. The van der Waals surface area contributed by atoms with Crippen molar-refractivity contribution in [2.24, 2.45) is 5.92 Å². The zero-order chi connectivity index (χ0) is 18.3. The van der Waals surface area contributed by atoms with Gasteiger partial charge in [-0.3, -0.25) is 4.79 Å². The number of methoxy groups -OCH3 is 1. The summed E-state index contributed by atoms with van der Waals surface area (Å²) < 4.78 is 19.8. The Bertz CT molecular complexity index is 988. The van der Waals surface area contributed by atoms with Gasteiger partial charge in [-0.05, 0) is 30.3 Å². The lowest BCUT2D eigenvalue weighted by Crippen LogP contribution is -2.52. The molecule has 1 saturated heterocycles. The predicted octanol–water partition coefficient (Wildman–Crippen LogP) is 4.17. The van der Waals surface area contributed by atoms with E-state index in [1.807, 2.05) is 11.0 Å². The lowest BCUT2D eigenvalue weighted by molar-refractivity contribution is -0.120. The third-order valence-electron chi connectivity index (χ3n) is 4.30. The molecule has 0 aliphatic carbocycles. The van der Waals surface area contributed by atoms with Crippen LogP contribution in [0.2, 0.25) is 5.02 Å². The van der Waals surface area contributed by atoms with Crippen LogP contribution in [0.1, 0.15) is 0 Å². The number of benzene rings is 2. The van der Waals surface area contributed by atoms with Crippen molar-refractivity contribution in [1.29, 1.82) is 0 Å². The van der Waals surface area contributed by atoms with Gasteiger partial charge in [-0.1, -0.05) is 29.0 Å². The van der Waals surface area contributed by atoms with Crippen LogP contribution in [0.4, 0.5) is 15.2 Å². The molecule has 0 unspecified atom stereocenters. The number of para-hydroxylation sites is 1. The Morgan fingerprint density at radius 1 is 1.38 bits per heavy atom. The van der Waals surface area contributed by atoms with Crippen molar-refractivity contribution in [3.8, 4) is 5.75 Å². The topological polar surface area (TPSA) is 54.5 Å². The quantitative estimate of drug-likeness (QED) is 0.725. The highest BCUT2D eigenvalue weighted by atomic mass is 35.5. The lowest BCUT2D eigenvalue weighted by atomic mass is 10.00. The Balaban J connectivity index is 1.43. The van der Waals surface area contributed by atoms with E-state index < -0.39 is 0 Å². The fraction of sp³-hybridized carbons (Fsp3) is 0.222. The third-order valence-corrected chi connectivity index (χ3v) is 5.62. The molecule has 1 N–H and O–H groups in total. The van der Waals surface area contributed by atoms with E-state index in [2.05, 4.69) is 10.3 Å². The van der Waals surface area contributed by atoms with Crippen LogP contribution in [-0.2, 0) is 4.79 Å². The number of halogens is 2. The first kappa shape index (κ1) is 17.1. The van der Waals surface area contributed by atoms with Crippen molar-refractivity contribution in [2.45, 2.75) is 0 Å². The molecule has 1 fully saturated rings. The Hall–Kier alpha value is -2.38. The van der Waals surface area contributed by atoms with E-state index in [4.69, 9.17) is 16.3 Å². The minimum Gasteiger partial charge on any atom is -0.495 e. The molecule has 2 aromatic carbocycles. The van der Waals surface area contributed by atoms with Crippen LogP contribution in [0.3, 0.4) is 0 Å². The van der Waals surface area contributed by atoms with E-state index >= 15 is 0 Å². The van der Waals surface area contributed by atoms with E-state index in [1.165, 1.54) is 24.5 Å². The Labute approximate surface area is 158 Å². The normalized spacial score (nSPS) is 14.3. The Morgan fingerprint density at radius 3 is 2.92 bits per heavy atom. The number of carbonyl (C=O) groups is 1. The number of hydrogen-bond acceptors (Lipinski definition) is 5. The van der Waals surface area contributed by atoms with Crippen molar-refractivity contribution < 1.29 is 13.9 Å². The minimum absolute atomic E-state index is 0.103. The van der Waals surface area contributed by atoms with Gasteiger partial charge < -0.3 is 15.0 Å². The molecule has 134 valence electrons. The summed E-state index contributed by atoms with van der Waals surface area (Å²) in [4.78, 5) is 18.8. The number of anilines is 2. The summed E-state index contributed by atoms with van der Waals surface area (Å²) in [5.74, 6) is -0.0434. The van der Waals surface area contributed by atoms with Crippen LogP contribution >= 0.6 is 22.9 Å². The van der Waals surface area contributed by atoms with E-state index in [1.54, 1.807) is 24.3 Å². The summed E-state index contributed by atoms with van der Waals surface area (Å²) in [5.41, 5.74) is 0.926. The fourth-order valence-electron chi connectivity index (χ4n) is 2.85. The average Bonchev–Trinajstić information content (AvgIpc) is 2.99. The van der Waals surface area contributed by atoms with Crippen molar-refractivity contribution >= 4 is 49.9 Å². The van der Waals surface area contributed by atoms with Crippen LogP contribution in [0.5, 0.6) is 5.75 Å². The van der Waals surface area contributed by atoms with E-state index in [0.717, 1.165) is 9.83 Å². The third kappa shape index (κ3) is 3.08. The number of rotatable bonds is 4. The summed E-state index contributed by atoms with van der Waals surface area (Å²) >= 11 is 7.41. The largest absolute Gasteiger partial charge is 0.495 e. The maximum absolute atomic E-state index is 13.8. The average molecular weight is 392 g/mol. The first-order chi connectivity index (χ1) is 12.5. The number of nitrogens with zero attached hydrogens (tertiary/aromatic N) is 2. The molecule has 1 aliphatic heterocycles. The SMILES string of the molecule is COc1ccc(Cl)cc1NC(=O)C1CN(c2nc3c(F)cccc3s2)C1. The number of fused-ring (bicyclic) bond motifs is 1. The summed E-state index contributed by atoms with van der Waals surface area (Å²) in [7, 11) is 1.54. The van der Waals surface area contributed by atoms with E-state index in [9.17, 15) is 9.18 Å². The number of thiazole rings is 1. The predicted molar refractivity (Wildman–Crippen MR) is 102 cm³/mol. The fourth-order valence-corrected chi connectivity index (χ4v) is 4.02. The second-order valence-electron chi connectivity index (χ2n) is 6.02. The number of carbonyl (C=O) groups excluding carboxylic acids is 1. The van der Waals surface area contributed by atoms with Gasteiger partial charge in [0.05, 0.1) is 23.4 Å². The van der Waals surface area contributed by atoms with Gasteiger partial charge >= 0.3 is 0 Å². The molecule has 4 rings (SSSR count). The number of aromatic nitrogens is 1. The van der Waals surface area contributed by atoms with Gasteiger partial charge in [0, 0.05) is 18.1 Å². The molecular formula is C18H15ClFN3O2S. The molecule has 1 aromatic heterocycles. The maximum atomic E-state index is 13.8. The minimum atomic E-state index is -0.326. The molecule has 0 radical (unpaired) electrons. The van der Waals surface area contributed by atoms with Crippen molar-refractivity contribution in [3.05, 3.63) is 47.2 Å². The number of amides is 1. The smallest absolute Gasteiger partial charge is 0.231 e. The van der Waals surface area contributed by atoms with E-state index in [-0.39, 0.29) is 17.6 Å². The molecule has 5 nitrogen and oxygen atoms in total. The first-order valence-corrected chi connectivity index (χ1v) is 9.19. The van der Waals surface area contributed by atoms with Crippen molar-refractivity contribution in [3.63, 3.8) is 0 Å². The molecule has 2 heterocycles.